The molecule has 0 aliphatic carbocycles. The lowest BCUT2D eigenvalue weighted by molar-refractivity contribution is -0.399. The zero-order valence-corrected chi connectivity index (χ0v) is 43.3. The van der Waals surface area contributed by atoms with Crippen LogP contribution in [0.3, 0.4) is 0 Å². The second kappa shape index (κ2) is 28.8. The molecule has 5 fully saturated rings. The van der Waals surface area contributed by atoms with Gasteiger partial charge in [0.1, 0.15) is 73.8 Å². The van der Waals surface area contributed by atoms with Crippen molar-refractivity contribution in [3.63, 3.8) is 0 Å². The van der Waals surface area contributed by atoms with Gasteiger partial charge in [-0.3, -0.25) is 14.4 Å². The summed E-state index contributed by atoms with van der Waals surface area (Å²) in [6, 6.07) is 0. The van der Waals surface area contributed by atoms with E-state index in [0.717, 1.165) is 51.4 Å². The van der Waals surface area contributed by atoms with Crippen LogP contribution in [0.5, 0.6) is 0 Å². The number of fused-ring (bicyclic) bond motifs is 4. The number of unbranched alkanes of at least 4 members (excludes halogenated alkanes) is 2. The lowest BCUT2D eigenvalue weighted by atomic mass is 9.95. The summed E-state index contributed by atoms with van der Waals surface area (Å²) in [5.41, 5.74) is 0. The largest absolute Gasteiger partial charge is 0.463 e. The molecule has 0 saturated carbocycles. The fourth-order valence-corrected chi connectivity index (χ4v) is 9.41. The Morgan fingerprint density at radius 2 is 1.19 bits per heavy atom. The van der Waals surface area contributed by atoms with E-state index in [1.165, 1.54) is 27.7 Å². The molecular weight excluding hydrogens is 953 g/mol. The van der Waals surface area contributed by atoms with Gasteiger partial charge in [-0.15, -0.1) is 0 Å². The van der Waals surface area contributed by atoms with Crippen LogP contribution < -0.4 is 0 Å². The summed E-state index contributed by atoms with van der Waals surface area (Å²) in [4.78, 5) is 40.7. The molecule has 22 heteroatoms. The summed E-state index contributed by atoms with van der Waals surface area (Å²) >= 11 is 0. The first-order chi connectivity index (χ1) is 34.2. The van der Waals surface area contributed by atoms with Crippen LogP contribution >= 0.6 is 0 Å². The van der Waals surface area contributed by atoms with Crippen molar-refractivity contribution in [3.8, 4) is 0 Å². The first-order valence-corrected chi connectivity index (χ1v) is 26.4. The maximum absolute atomic E-state index is 13.9. The number of aliphatic hydroxyl groups excluding tert-OH is 8. The Morgan fingerprint density at radius 1 is 0.611 bits per heavy atom. The van der Waals surface area contributed by atoms with Crippen molar-refractivity contribution in [2.24, 2.45) is 11.8 Å². The fraction of sp³-hybridized carbons (Fsp3) is 0.940. The summed E-state index contributed by atoms with van der Waals surface area (Å²) in [7, 11) is 0. The maximum Gasteiger partial charge on any atom is 0.311 e. The van der Waals surface area contributed by atoms with Gasteiger partial charge < -0.3 is 93.0 Å². The molecule has 0 aromatic carbocycles. The first-order valence-electron chi connectivity index (χ1n) is 26.4. The van der Waals surface area contributed by atoms with Crippen LogP contribution in [0, 0.1) is 11.8 Å². The van der Waals surface area contributed by atoms with Crippen LogP contribution in [0.25, 0.3) is 0 Å². The number of esters is 3. The van der Waals surface area contributed by atoms with Crippen molar-refractivity contribution in [3.05, 3.63) is 0 Å². The van der Waals surface area contributed by atoms with Gasteiger partial charge in [-0.2, -0.15) is 0 Å². The topological polar surface area (TPSA) is 315 Å². The zero-order valence-electron chi connectivity index (χ0n) is 43.3. The van der Waals surface area contributed by atoms with Gasteiger partial charge in [-0.05, 0) is 60.3 Å². The highest BCUT2D eigenvalue weighted by Crippen LogP contribution is 2.38. The second-order valence-corrected chi connectivity index (χ2v) is 20.5. The highest BCUT2D eigenvalue weighted by atomic mass is 16.8. The van der Waals surface area contributed by atoms with Crippen LogP contribution in [0.15, 0.2) is 0 Å². The van der Waals surface area contributed by atoms with E-state index in [2.05, 4.69) is 6.92 Å². The van der Waals surface area contributed by atoms with E-state index < -0.39 is 165 Å². The Morgan fingerprint density at radius 3 is 1.85 bits per heavy atom. The minimum Gasteiger partial charge on any atom is -0.463 e. The second-order valence-electron chi connectivity index (χ2n) is 20.5. The summed E-state index contributed by atoms with van der Waals surface area (Å²) in [5, 5.41) is 89.0. The molecule has 5 aliphatic rings. The lowest BCUT2D eigenvalue weighted by Gasteiger charge is -2.50. The summed E-state index contributed by atoms with van der Waals surface area (Å²) < 4.78 is 68.3. The van der Waals surface area contributed by atoms with Gasteiger partial charge in [-0.1, -0.05) is 78.6 Å². The van der Waals surface area contributed by atoms with Gasteiger partial charge in [0.05, 0.1) is 42.4 Å². The summed E-state index contributed by atoms with van der Waals surface area (Å²) in [6.07, 6.45) is -23.1. The van der Waals surface area contributed by atoms with Crippen molar-refractivity contribution < 1.29 is 107 Å². The molecule has 5 aliphatic heterocycles. The molecular formula is C50H86O22. The van der Waals surface area contributed by atoms with Gasteiger partial charge in [-0.25, -0.2) is 0 Å². The molecule has 24 atom stereocenters. The molecule has 0 spiro atoms. The highest BCUT2D eigenvalue weighted by Gasteiger charge is 2.57. The van der Waals surface area contributed by atoms with Crippen molar-refractivity contribution in [2.75, 3.05) is 6.61 Å². The average molecular weight is 1040 g/mol. The van der Waals surface area contributed by atoms with Gasteiger partial charge in [0.2, 0.25) is 0 Å². The molecule has 0 aromatic rings. The molecule has 0 amide bonds. The Labute approximate surface area is 423 Å². The van der Waals surface area contributed by atoms with Crippen LogP contribution in [-0.2, 0) is 66.5 Å². The average Bonchev–Trinajstić information content (AvgIpc) is 3.34. The van der Waals surface area contributed by atoms with E-state index in [0.29, 0.717) is 32.1 Å². The van der Waals surface area contributed by atoms with Crippen molar-refractivity contribution in [1.29, 1.82) is 0 Å². The predicted octanol–water partition coefficient (Wildman–Crippen LogP) is 1.55. The molecule has 418 valence electrons. The molecule has 0 radical (unpaired) electrons. The Hall–Kier alpha value is -2.23. The first kappa shape index (κ1) is 60.6. The highest BCUT2D eigenvalue weighted by molar-refractivity contribution is 5.73. The third-order valence-electron chi connectivity index (χ3n) is 14.7. The molecule has 2 bridgehead atoms. The quantitative estimate of drug-likeness (QED) is 0.0737. The predicted molar refractivity (Wildman–Crippen MR) is 250 cm³/mol. The standard InChI is InChI=1S/C50H86O22/c1-9-11-17-20-30-21-18-15-13-12-14-16-19-22-32(52)68-43-40(70-47-39(59)36(56)33(53)27(6)63-47)29(8)65-50(44(43)69-45(60)24(3)10-2)72-42-38(58)35(55)31(23-62-46(61)25(4)26(5)51)67-49(42)71-41-37(57)34(54)28(7)64-48(41)66-30/h24-31,33-44,47-51,53-59H,9-23H2,1-8H3/t24-,25+,26+,27+,28+,29-,30?,31+,33+,34+,35+,36-,37-,38-,39+,40-,41+,42+,43+,44+,47-,48-,49-,50-/m0/s1. The van der Waals surface area contributed by atoms with E-state index in [-0.39, 0.29) is 12.5 Å². The Bertz CT molecular complexity index is 1640. The SMILES string of the molecule is CCCCCC1CCCCCCCCCC(=O)O[C@@H]2[C@@H](O[C@@H]3O[C@H](C)[C@@H](O)[C@H](O)[C@H]3O)[C@H](C)O[C@@H](O[C@H]3[C@H](O[C@H]4[C@H](O1)O[C@H](C)[C@@H](O)[C@@H]4O)O[C@H](COC(=O)[C@H](C)[C@@H](C)O)[C@@H](O)[C@@H]3O)[C@@H]2OC(=O)[C@@H](C)CC. The van der Waals surface area contributed by atoms with E-state index in [4.69, 9.17) is 52.1 Å². The molecule has 0 aromatic heterocycles. The van der Waals surface area contributed by atoms with Crippen LogP contribution in [0.1, 0.15) is 145 Å². The third kappa shape index (κ3) is 15.9. The van der Waals surface area contributed by atoms with E-state index in [1.54, 1.807) is 20.8 Å². The van der Waals surface area contributed by atoms with Crippen LogP contribution in [-0.4, -0.2) is 200 Å². The minimum atomic E-state index is -2.00. The molecule has 5 heterocycles. The zero-order chi connectivity index (χ0) is 53.0. The molecule has 72 heavy (non-hydrogen) atoms. The normalized spacial score (nSPS) is 42.4. The molecule has 8 N–H and O–H groups in total. The van der Waals surface area contributed by atoms with Gasteiger partial charge in [0.15, 0.2) is 37.4 Å². The maximum atomic E-state index is 13.9. The summed E-state index contributed by atoms with van der Waals surface area (Å²) in [5.74, 6) is -4.03. The number of carbonyl (C=O) groups is 3. The van der Waals surface area contributed by atoms with E-state index >= 15 is 0 Å². The fourth-order valence-electron chi connectivity index (χ4n) is 9.41. The third-order valence-corrected chi connectivity index (χ3v) is 14.7. The van der Waals surface area contributed by atoms with E-state index in [9.17, 15) is 55.2 Å². The minimum absolute atomic E-state index is 0.0477. The smallest absolute Gasteiger partial charge is 0.311 e. The number of aliphatic hydroxyl groups is 8. The van der Waals surface area contributed by atoms with Gasteiger partial charge in [0.25, 0.3) is 0 Å². The Balaban J connectivity index is 1.59. The lowest BCUT2D eigenvalue weighted by Crippen LogP contribution is -2.68. The van der Waals surface area contributed by atoms with Gasteiger partial charge >= 0.3 is 17.9 Å². The van der Waals surface area contributed by atoms with Crippen molar-refractivity contribution in [1.82, 2.24) is 0 Å². The number of hydrogen-bond donors (Lipinski definition) is 8. The Kier molecular flexibility index (Phi) is 24.2. The summed E-state index contributed by atoms with van der Waals surface area (Å²) in [6.45, 7) is 12.1. The molecule has 5 rings (SSSR count). The number of hydrogen-bond acceptors (Lipinski definition) is 22. The van der Waals surface area contributed by atoms with Crippen LogP contribution in [0.2, 0.25) is 0 Å². The molecule has 5 saturated heterocycles. The number of rotatable bonds is 13. The van der Waals surface area contributed by atoms with Crippen molar-refractivity contribution in [2.45, 2.75) is 280 Å². The van der Waals surface area contributed by atoms with Gasteiger partial charge in [0, 0.05) is 6.42 Å². The van der Waals surface area contributed by atoms with E-state index in [1.807, 2.05) is 0 Å². The van der Waals surface area contributed by atoms with Crippen LogP contribution in [0.4, 0.5) is 0 Å². The van der Waals surface area contributed by atoms with Crippen molar-refractivity contribution >= 4 is 17.9 Å². The molecule has 22 nitrogen and oxygen atoms in total. The number of carbonyl (C=O) groups excluding carboxylic acids is 3. The monoisotopic (exact) mass is 1040 g/mol. The number of ether oxygens (including phenoxy) is 11. The molecule has 1 unspecified atom stereocenters.